The fourth-order valence-corrected chi connectivity index (χ4v) is 8.21. The molecule has 1 amide bonds. The Kier molecular flexibility index (Phi) is 12.6. The highest BCUT2D eigenvalue weighted by Crippen LogP contribution is 2.32. The molecule has 2 aliphatic rings. The third kappa shape index (κ3) is 8.99. The maximum atomic E-state index is 13.4. The van der Waals surface area contributed by atoms with E-state index in [0.29, 0.717) is 36.3 Å². The number of benzene rings is 2. The summed E-state index contributed by atoms with van der Waals surface area (Å²) in [7, 11) is 0. The molecule has 2 fully saturated rings. The number of ether oxygens (including phenoxy) is 1. The Balaban J connectivity index is 1.47. The monoisotopic (exact) mass is 614 g/mol. The van der Waals surface area contributed by atoms with E-state index in [9.17, 15) is 19.2 Å². The molecule has 2 aromatic rings. The van der Waals surface area contributed by atoms with Gasteiger partial charge in [0.05, 0.1) is 18.8 Å². The number of rotatable bonds is 13. The molecular weight excluding hydrogens is 569 g/mol. The lowest BCUT2D eigenvalue weighted by molar-refractivity contribution is -0.139. The molecule has 0 bridgehead atoms. The van der Waals surface area contributed by atoms with Crippen LogP contribution >= 0.6 is 11.8 Å². The highest BCUT2D eigenvalue weighted by molar-refractivity contribution is 7.98. The molecule has 1 saturated carbocycles. The second-order valence-corrected chi connectivity index (χ2v) is 14.3. The van der Waals surface area contributed by atoms with Gasteiger partial charge in [0, 0.05) is 18.7 Å². The Labute approximate surface area is 258 Å². The molecule has 9 heteroatoms. The fourth-order valence-electron chi connectivity index (χ4n) is 6.27. The van der Waals surface area contributed by atoms with E-state index in [4.69, 9.17) is 4.74 Å². The molecule has 0 spiro atoms. The highest BCUT2D eigenvalue weighted by Gasteiger charge is 2.37. The van der Waals surface area contributed by atoms with E-state index in [2.05, 4.69) is 17.1 Å². The molecule has 0 aromatic heterocycles. The number of nitrogens with zero attached hydrogens (tertiary/aromatic N) is 1. The number of carbonyl (C=O) groups excluding carboxylic acids is 1. The van der Waals surface area contributed by atoms with Crippen molar-refractivity contribution in [3.05, 3.63) is 59.2 Å². The topological polar surface area (TPSA) is 102 Å². The zero-order valence-corrected chi connectivity index (χ0v) is 26.8. The zero-order chi connectivity index (χ0) is 30.1. The van der Waals surface area contributed by atoms with Gasteiger partial charge < -0.3 is 19.7 Å². The number of thioether (sulfide) groups is 1. The summed E-state index contributed by atoms with van der Waals surface area (Å²) in [5, 5.41) is 12.4. The molecule has 1 heterocycles. The molecule has 3 unspecified atom stereocenters. The van der Waals surface area contributed by atoms with E-state index < -0.39 is 23.2 Å². The third-order valence-electron chi connectivity index (χ3n) is 8.63. The van der Waals surface area contributed by atoms with Crippen LogP contribution in [0.4, 0.5) is 0 Å². The highest BCUT2D eigenvalue weighted by atomic mass is 32.2. The van der Waals surface area contributed by atoms with Gasteiger partial charge in [-0.3, -0.25) is 9.69 Å². The average molecular weight is 615 g/mol. The van der Waals surface area contributed by atoms with E-state index in [1.807, 2.05) is 49.6 Å². The van der Waals surface area contributed by atoms with E-state index in [1.165, 1.54) is 32.1 Å². The normalized spacial score (nSPS) is 21.5. The van der Waals surface area contributed by atoms with Crippen molar-refractivity contribution in [1.82, 2.24) is 10.2 Å². The van der Waals surface area contributed by atoms with Crippen LogP contribution in [0.5, 0.6) is 0 Å². The van der Waals surface area contributed by atoms with Gasteiger partial charge in [-0.1, -0.05) is 60.8 Å². The molecule has 7 nitrogen and oxygen atoms in total. The van der Waals surface area contributed by atoms with Crippen molar-refractivity contribution in [1.29, 1.82) is 0 Å². The van der Waals surface area contributed by atoms with Gasteiger partial charge in [-0.25, -0.2) is 4.79 Å². The Hall–Kier alpha value is -2.04. The average Bonchev–Trinajstić information content (AvgIpc) is 2.99. The summed E-state index contributed by atoms with van der Waals surface area (Å²) in [5.74, 6) is 1.37. The number of amides is 1. The number of aliphatic carboxylic acids is 1. The van der Waals surface area contributed by atoms with Crippen molar-refractivity contribution in [2.45, 2.75) is 77.2 Å². The van der Waals surface area contributed by atoms with Gasteiger partial charge in [-0.05, 0) is 85.4 Å². The Bertz CT molecular complexity index is 1190. The molecule has 1 saturated heterocycles. The van der Waals surface area contributed by atoms with Crippen molar-refractivity contribution in [3.8, 4) is 11.1 Å². The lowest BCUT2D eigenvalue weighted by Gasteiger charge is -2.42. The quantitative estimate of drug-likeness (QED) is 0.287. The van der Waals surface area contributed by atoms with Gasteiger partial charge in [-0.15, -0.1) is 0 Å². The molecule has 0 radical (unpaired) electrons. The Morgan fingerprint density at radius 3 is 2.64 bits per heavy atom. The summed E-state index contributed by atoms with van der Waals surface area (Å²) < 4.78 is 18.8. The van der Waals surface area contributed by atoms with Crippen LogP contribution < -0.4 is 5.32 Å². The zero-order valence-electron chi connectivity index (χ0n) is 25.2. The third-order valence-corrected chi connectivity index (χ3v) is 10.6. The molecule has 2 N–H and O–H groups in total. The maximum absolute atomic E-state index is 13.4. The van der Waals surface area contributed by atoms with E-state index in [1.54, 1.807) is 17.8 Å². The van der Waals surface area contributed by atoms with Crippen LogP contribution in [0.25, 0.3) is 11.1 Å². The van der Waals surface area contributed by atoms with Crippen LogP contribution in [0.1, 0.15) is 66.9 Å². The van der Waals surface area contributed by atoms with Gasteiger partial charge in [0.15, 0.2) is 0 Å². The fraction of sp³-hybridized carbons (Fsp3) is 0.576. The largest absolute Gasteiger partial charge is 0.616 e. The number of nitrogens with one attached hydrogen (secondary N) is 1. The lowest BCUT2D eigenvalue weighted by Crippen LogP contribution is -2.54. The number of hydrogen-bond donors (Lipinski definition) is 2. The SMILES string of the molecule is CSCC[C@H](NC(=O)c1ccc(COC(C)CN2CC[S+]([O-])CC2C2CCCCC2)cc1-c1ccccc1C)C(=O)O. The summed E-state index contributed by atoms with van der Waals surface area (Å²) in [6.45, 7) is 6.19. The van der Waals surface area contributed by atoms with E-state index >= 15 is 0 Å². The molecule has 42 heavy (non-hydrogen) atoms. The van der Waals surface area contributed by atoms with Gasteiger partial charge in [0.25, 0.3) is 5.91 Å². The van der Waals surface area contributed by atoms with Gasteiger partial charge >= 0.3 is 5.97 Å². The summed E-state index contributed by atoms with van der Waals surface area (Å²) in [5.41, 5.74) is 4.14. The Morgan fingerprint density at radius 1 is 1.17 bits per heavy atom. The minimum Gasteiger partial charge on any atom is -0.616 e. The van der Waals surface area contributed by atoms with Crippen molar-refractivity contribution in [2.24, 2.45) is 5.92 Å². The molecule has 1 aliphatic carbocycles. The van der Waals surface area contributed by atoms with Crippen molar-refractivity contribution in [3.63, 3.8) is 0 Å². The molecular formula is C33H46N2O5S2. The number of hydrogen-bond acceptors (Lipinski definition) is 6. The van der Waals surface area contributed by atoms with Crippen molar-refractivity contribution >= 4 is 34.8 Å². The standard InChI is InChI=1S/C33H46N2O5S2/c1-23-9-7-8-12-27(23)29-19-25(13-14-28(29)32(36)34-30(33(37)38)15-17-41-3)21-40-24(2)20-35-16-18-42(39)22-31(35)26-10-5-4-6-11-26/h7-9,12-14,19,24,26,30-31H,4-6,10-11,15-18,20-22H2,1-3H3,(H,34,36)(H,37,38)/t24?,30-,31?,42?/m0/s1. The molecule has 2 aromatic carbocycles. The predicted molar refractivity (Wildman–Crippen MR) is 173 cm³/mol. The first-order valence-corrected chi connectivity index (χ1v) is 18.1. The predicted octanol–water partition coefficient (Wildman–Crippen LogP) is 5.52. The first-order chi connectivity index (χ1) is 20.3. The molecule has 4 rings (SSSR count). The molecule has 230 valence electrons. The van der Waals surface area contributed by atoms with Crippen LogP contribution in [0.3, 0.4) is 0 Å². The second-order valence-electron chi connectivity index (χ2n) is 11.7. The number of aryl methyl sites for hydroxylation is 1. The van der Waals surface area contributed by atoms with Crippen molar-refractivity contribution in [2.75, 3.05) is 36.6 Å². The lowest BCUT2D eigenvalue weighted by atomic mass is 9.83. The number of carboxylic acids is 1. The maximum Gasteiger partial charge on any atom is 0.326 e. The summed E-state index contributed by atoms with van der Waals surface area (Å²) in [4.78, 5) is 27.7. The van der Waals surface area contributed by atoms with E-state index in [-0.39, 0.29) is 12.0 Å². The second kappa shape index (κ2) is 16.1. The summed E-state index contributed by atoms with van der Waals surface area (Å²) in [6, 6.07) is 13.0. The van der Waals surface area contributed by atoms with Crippen LogP contribution in [-0.4, -0.2) is 81.2 Å². The van der Waals surface area contributed by atoms with Crippen LogP contribution in [0, 0.1) is 12.8 Å². The minimum absolute atomic E-state index is 0.000253. The minimum atomic E-state index is -1.03. The molecule has 4 atom stereocenters. The smallest absolute Gasteiger partial charge is 0.326 e. The van der Waals surface area contributed by atoms with E-state index in [0.717, 1.165) is 46.8 Å². The summed E-state index contributed by atoms with van der Waals surface area (Å²) in [6.07, 6.45) is 8.62. The van der Waals surface area contributed by atoms with Crippen molar-refractivity contribution < 1.29 is 24.0 Å². The first-order valence-electron chi connectivity index (χ1n) is 15.2. The van der Waals surface area contributed by atoms with Gasteiger partial charge in [0.1, 0.15) is 17.5 Å². The van der Waals surface area contributed by atoms with Crippen LogP contribution in [0.2, 0.25) is 0 Å². The van der Waals surface area contributed by atoms with Gasteiger partial charge in [0.2, 0.25) is 0 Å². The Morgan fingerprint density at radius 2 is 1.93 bits per heavy atom. The number of carbonyl (C=O) groups is 2. The summed E-state index contributed by atoms with van der Waals surface area (Å²) >= 11 is 0.827. The van der Waals surface area contributed by atoms with Gasteiger partial charge in [-0.2, -0.15) is 11.8 Å². The number of carboxylic acid groups (broad SMARTS) is 1. The first kappa shape index (κ1) is 32.9. The molecule has 1 aliphatic heterocycles. The van der Waals surface area contributed by atoms with Crippen LogP contribution in [0.15, 0.2) is 42.5 Å². The van der Waals surface area contributed by atoms with Crippen LogP contribution in [-0.2, 0) is 27.3 Å².